The number of guanidine groups is 1. The second kappa shape index (κ2) is 12.6. The summed E-state index contributed by atoms with van der Waals surface area (Å²) in [5.41, 5.74) is 0.225. The fraction of sp³-hybridized carbons (Fsp3) is 0.571. The first kappa shape index (κ1) is 26.0. The van der Waals surface area contributed by atoms with Crippen LogP contribution >= 0.6 is 24.0 Å². The number of nitrogens with one attached hydrogen (secondary N) is 3. The first-order valence-electron chi connectivity index (χ1n) is 10.0. The van der Waals surface area contributed by atoms with Gasteiger partial charge in [-0.25, -0.2) is 0 Å². The van der Waals surface area contributed by atoms with Crippen LogP contribution in [0.1, 0.15) is 36.0 Å². The van der Waals surface area contributed by atoms with Gasteiger partial charge in [0.2, 0.25) is 5.91 Å². The fourth-order valence-corrected chi connectivity index (χ4v) is 3.67. The van der Waals surface area contributed by atoms with E-state index in [-0.39, 0.29) is 41.2 Å². The van der Waals surface area contributed by atoms with Gasteiger partial charge in [-0.2, -0.15) is 0 Å². The van der Waals surface area contributed by atoms with Crippen molar-refractivity contribution in [2.75, 3.05) is 47.9 Å². The average Bonchev–Trinajstić information content (AvgIpc) is 3.22. The minimum atomic E-state index is -0.357. The summed E-state index contributed by atoms with van der Waals surface area (Å²) in [6.07, 6.45) is 3.94. The summed E-state index contributed by atoms with van der Waals surface area (Å²) < 4.78 is 5.10. The predicted molar refractivity (Wildman–Crippen MR) is 130 cm³/mol. The number of hydrogen-bond donors (Lipinski definition) is 3. The Labute approximate surface area is 196 Å². The van der Waals surface area contributed by atoms with Crippen molar-refractivity contribution >= 4 is 41.8 Å². The molecule has 0 unspecified atom stereocenters. The van der Waals surface area contributed by atoms with Gasteiger partial charge in [0.15, 0.2) is 5.96 Å². The molecule has 0 atom stereocenters. The number of aliphatic imine (C=N–C) groups is 1. The molecule has 1 aliphatic rings. The zero-order valence-electron chi connectivity index (χ0n) is 18.3. The smallest absolute Gasteiger partial charge is 0.251 e. The van der Waals surface area contributed by atoms with Crippen LogP contribution in [0.25, 0.3) is 0 Å². The van der Waals surface area contributed by atoms with Gasteiger partial charge in [-0.05, 0) is 37.1 Å². The number of halogens is 1. The molecule has 0 aliphatic heterocycles. The quantitative estimate of drug-likeness (QED) is 0.206. The summed E-state index contributed by atoms with van der Waals surface area (Å²) >= 11 is 0. The Kier molecular flexibility index (Phi) is 10.9. The van der Waals surface area contributed by atoms with Gasteiger partial charge in [-0.3, -0.25) is 14.6 Å². The highest BCUT2D eigenvalue weighted by Gasteiger charge is 2.42. The van der Waals surface area contributed by atoms with Gasteiger partial charge in [0.1, 0.15) is 5.75 Å². The summed E-state index contributed by atoms with van der Waals surface area (Å²) in [7, 11) is 6.90. The van der Waals surface area contributed by atoms with E-state index in [1.807, 2.05) is 0 Å². The standard InChI is InChI=1S/C21H33N5O3.HI/c1-22-20(25-15-21(11-5-6-12-21)19(28)26(2)3)24-14-13-23-18(27)16-7-9-17(29-4)10-8-16;/h7-10H,5-6,11-15H2,1-4H3,(H,23,27)(H2,22,24,25);1H. The lowest BCUT2D eigenvalue weighted by Crippen LogP contribution is -2.50. The molecular formula is C21H34IN5O3. The van der Waals surface area contributed by atoms with Crippen LogP contribution in [0.15, 0.2) is 29.3 Å². The van der Waals surface area contributed by atoms with Crippen molar-refractivity contribution < 1.29 is 14.3 Å². The minimum absolute atomic E-state index is 0. The fourth-order valence-electron chi connectivity index (χ4n) is 3.67. The molecule has 1 saturated carbocycles. The van der Waals surface area contributed by atoms with Crippen LogP contribution in [-0.2, 0) is 4.79 Å². The van der Waals surface area contributed by atoms with Crippen molar-refractivity contribution in [1.82, 2.24) is 20.9 Å². The van der Waals surface area contributed by atoms with Crippen LogP contribution in [0.3, 0.4) is 0 Å². The molecule has 0 spiro atoms. The Balaban J connectivity index is 0.00000450. The molecule has 0 heterocycles. The van der Waals surface area contributed by atoms with E-state index < -0.39 is 0 Å². The number of rotatable bonds is 8. The van der Waals surface area contributed by atoms with Crippen LogP contribution in [0.2, 0.25) is 0 Å². The van der Waals surface area contributed by atoms with Gasteiger partial charge in [0.25, 0.3) is 5.91 Å². The van der Waals surface area contributed by atoms with Gasteiger partial charge in [0, 0.05) is 46.3 Å². The van der Waals surface area contributed by atoms with Gasteiger partial charge in [-0.1, -0.05) is 12.8 Å². The molecule has 1 fully saturated rings. The first-order valence-corrected chi connectivity index (χ1v) is 10.0. The van der Waals surface area contributed by atoms with Gasteiger partial charge in [-0.15, -0.1) is 24.0 Å². The normalized spacial score (nSPS) is 15.0. The number of ether oxygens (including phenoxy) is 1. The zero-order valence-corrected chi connectivity index (χ0v) is 20.6. The van der Waals surface area contributed by atoms with E-state index in [1.54, 1.807) is 57.4 Å². The molecule has 8 nitrogen and oxygen atoms in total. The number of carbonyl (C=O) groups excluding carboxylic acids is 2. The van der Waals surface area contributed by atoms with Crippen LogP contribution < -0.4 is 20.7 Å². The first-order chi connectivity index (χ1) is 13.9. The number of carbonyl (C=O) groups is 2. The Morgan fingerprint density at radius 1 is 1.07 bits per heavy atom. The molecule has 1 aliphatic carbocycles. The van der Waals surface area contributed by atoms with E-state index in [9.17, 15) is 9.59 Å². The number of nitrogens with zero attached hydrogens (tertiary/aromatic N) is 2. The molecule has 0 bridgehead atoms. The van der Waals surface area contributed by atoms with Crippen molar-refractivity contribution in [1.29, 1.82) is 0 Å². The topological polar surface area (TPSA) is 95.1 Å². The molecule has 1 aromatic carbocycles. The van der Waals surface area contributed by atoms with Gasteiger partial charge in [0.05, 0.1) is 12.5 Å². The highest BCUT2D eigenvalue weighted by atomic mass is 127. The predicted octanol–water partition coefficient (Wildman–Crippen LogP) is 1.86. The van der Waals surface area contributed by atoms with Crippen LogP contribution in [0.4, 0.5) is 0 Å². The molecule has 2 rings (SSSR count). The third-order valence-electron chi connectivity index (χ3n) is 5.29. The van der Waals surface area contributed by atoms with Crippen LogP contribution in [0.5, 0.6) is 5.75 Å². The second-order valence-electron chi connectivity index (χ2n) is 7.52. The maximum Gasteiger partial charge on any atom is 0.251 e. The Hall–Kier alpha value is -2.04. The zero-order chi connectivity index (χ0) is 21.3. The van der Waals surface area contributed by atoms with E-state index in [2.05, 4.69) is 20.9 Å². The maximum atomic E-state index is 12.6. The Morgan fingerprint density at radius 2 is 1.67 bits per heavy atom. The molecule has 0 saturated heterocycles. The van der Waals surface area contributed by atoms with Crippen molar-refractivity contribution in [3.63, 3.8) is 0 Å². The largest absolute Gasteiger partial charge is 0.497 e. The number of methoxy groups -OCH3 is 1. The van der Waals surface area contributed by atoms with E-state index >= 15 is 0 Å². The lowest BCUT2D eigenvalue weighted by Gasteiger charge is -2.31. The molecule has 1 aromatic rings. The highest BCUT2D eigenvalue weighted by Crippen LogP contribution is 2.38. The van der Waals surface area contributed by atoms with E-state index in [0.717, 1.165) is 25.7 Å². The van der Waals surface area contributed by atoms with Crippen molar-refractivity contribution in [2.45, 2.75) is 25.7 Å². The van der Waals surface area contributed by atoms with E-state index in [4.69, 9.17) is 4.74 Å². The van der Waals surface area contributed by atoms with Gasteiger partial charge < -0.3 is 25.6 Å². The molecule has 2 amide bonds. The summed E-state index contributed by atoms with van der Waals surface area (Å²) in [4.78, 5) is 30.7. The summed E-state index contributed by atoms with van der Waals surface area (Å²) in [5, 5.41) is 9.34. The highest BCUT2D eigenvalue weighted by molar-refractivity contribution is 14.0. The Morgan fingerprint density at radius 3 is 2.20 bits per heavy atom. The second-order valence-corrected chi connectivity index (χ2v) is 7.52. The van der Waals surface area contributed by atoms with Crippen LogP contribution in [-0.4, -0.2) is 70.6 Å². The summed E-state index contributed by atoms with van der Waals surface area (Å²) in [6, 6.07) is 6.97. The number of amides is 2. The summed E-state index contributed by atoms with van der Waals surface area (Å²) in [5.74, 6) is 1.37. The van der Waals surface area contributed by atoms with E-state index in [0.29, 0.717) is 36.9 Å². The lowest BCUT2D eigenvalue weighted by atomic mass is 9.84. The molecule has 9 heteroatoms. The summed E-state index contributed by atoms with van der Waals surface area (Å²) in [6.45, 7) is 1.53. The van der Waals surface area contributed by atoms with Crippen molar-refractivity contribution in [2.24, 2.45) is 10.4 Å². The van der Waals surface area contributed by atoms with Gasteiger partial charge >= 0.3 is 0 Å². The number of hydrogen-bond acceptors (Lipinski definition) is 4. The van der Waals surface area contributed by atoms with Crippen LogP contribution in [0, 0.1) is 5.41 Å². The average molecular weight is 531 g/mol. The molecule has 30 heavy (non-hydrogen) atoms. The maximum absolute atomic E-state index is 12.6. The molecule has 3 N–H and O–H groups in total. The molecule has 0 aromatic heterocycles. The number of benzene rings is 1. The Bertz CT molecular complexity index is 716. The third kappa shape index (κ3) is 7.03. The monoisotopic (exact) mass is 531 g/mol. The van der Waals surface area contributed by atoms with Crippen molar-refractivity contribution in [3.8, 4) is 5.75 Å². The van der Waals surface area contributed by atoms with E-state index in [1.165, 1.54) is 0 Å². The molecule has 0 radical (unpaired) electrons. The molecular weight excluding hydrogens is 497 g/mol. The SMILES string of the molecule is CN=C(NCCNC(=O)c1ccc(OC)cc1)NCC1(C(=O)N(C)C)CCCC1.I. The molecule has 168 valence electrons. The lowest BCUT2D eigenvalue weighted by molar-refractivity contribution is -0.138. The third-order valence-corrected chi connectivity index (χ3v) is 5.29. The minimum Gasteiger partial charge on any atom is -0.497 e. The van der Waals surface area contributed by atoms with Crippen molar-refractivity contribution in [3.05, 3.63) is 29.8 Å².